The number of methoxy groups -OCH3 is 2. The first-order chi connectivity index (χ1) is 18.5. The number of unbranched alkanes of at least 4 members (excludes halogenated alkanes) is 10. The summed E-state index contributed by atoms with van der Waals surface area (Å²) in [5.74, 6) is 1.23. The first-order valence-electron chi connectivity index (χ1n) is 14.5. The van der Waals surface area contributed by atoms with Crippen molar-refractivity contribution in [3.05, 3.63) is 36.4 Å². The molecule has 2 rings (SSSR count). The smallest absolute Gasteiger partial charge is 0.224 e. The molecule has 0 aliphatic carbocycles. The van der Waals surface area contributed by atoms with Crippen LogP contribution in [0.5, 0.6) is 11.5 Å². The lowest BCUT2D eigenvalue weighted by Gasteiger charge is -2.14. The number of rotatable bonds is 19. The molecule has 6 nitrogen and oxygen atoms in total. The van der Waals surface area contributed by atoms with Crippen LogP contribution in [0.15, 0.2) is 36.4 Å². The Morgan fingerprint density at radius 3 is 1.32 bits per heavy atom. The molecule has 2 amide bonds. The summed E-state index contributed by atoms with van der Waals surface area (Å²) in [6.07, 6.45) is 14.8. The molecule has 2 aromatic carbocycles. The van der Waals surface area contributed by atoms with Crippen LogP contribution in [-0.2, 0) is 9.59 Å². The van der Waals surface area contributed by atoms with Gasteiger partial charge in [-0.2, -0.15) is 0 Å². The standard InChI is InChI=1S/C32H48N2O4/c1-5-7-9-11-13-15-17-31(35)33-27-21-19-25(23-29(27)37-3)26-20-22-28(30(24-26)38-4)34-32(36)18-16-14-12-10-8-6-2/h19-24H,5-18H2,1-4H3,(H,33,35)(H,34,36). The van der Waals surface area contributed by atoms with E-state index < -0.39 is 0 Å². The summed E-state index contributed by atoms with van der Waals surface area (Å²) in [4.78, 5) is 24.9. The normalized spacial score (nSPS) is 10.7. The fourth-order valence-corrected chi connectivity index (χ4v) is 4.51. The Hall–Kier alpha value is -3.02. The van der Waals surface area contributed by atoms with Gasteiger partial charge in [0.2, 0.25) is 11.8 Å². The SMILES string of the molecule is CCCCCCCCC(=O)Nc1ccc(-c2ccc(NC(=O)CCCCCCCC)c(OC)c2)cc1OC. The van der Waals surface area contributed by atoms with E-state index >= 15 is 0 Å². The summed E-state index contributed by atoms with van der Waals surface area (Å²) in [5, 5.41) is 5.98. The van der Waals surface area contributed by atoms with Crippen molar-refractivity contribution in [2.45, 2.75) is 104 Å². The van der Waals surface area contributed by atoms with Crippen LogP contribution in [0.25, 0.3) is 11.1 Å². The van der Waals surface area contributed by atoms with Crippen LogP contribution in [0.2, 0.25) is 0 Å². The molecule has 0 aliphatic heterocycles. The molecule has 0 radical (unpaired) electrons. The Morgan fingerprint density at radius 1 is 0.579 bits per heavy atom. The molecule has 38 heavy (non-hydrogen) atoms. The third-order valence-electron chi connectivity index (χ3n) is 6.80. The maximum absolute atomic E-state index is 12.4. The first kappa shape index (κ1) is 31.2. The monoisotopic (exact) mass is 524 g/mol. The second-order valence-electron chi connectivity index (χ2n) is 9.96. The van der Waals surface area contributed by atoms with Crippen molar-refractivity contribution >= 4 is 23.2 Å². The van der Waals surface area contributed by atoms with Crippen molar-refractivity contribution in [1.82, 2.24) is 0 Å². The predicted octanol–water partition coefficient (Wildman–Crippen LogP) is 8.75. The minimum absolute atomic E-state index is 0.00858. The highest BCUT2D eigenvalue weighted by molar-refractivity contribution is 5.94. The van der Waals surface area contributed by atoms with E-state index in [-0.39, 0.29) is 11.8 Å². The van der Waals surface area contributed by atoms with E-state index in [9.17, 15) is 9.59 Å². The third-order valence-corrected chi connectivity index (χ3v) is 6.80. The average Bonchev–Trinajstić information content (AvgIpc) is 2.93. The van der Waals surface area contributed by atoms with Gasteiger partial charge in [-0.1, -0.05) is 90.2 Å². The third kappa shape index (κ3) is 11.2. The molecule has 0 saturated heterocycles. The van der Waals surface area contributed by atoms with E-state index in [1.807, 2.05) is 36.4 Å². The van der Waals surface area contributed by atoms with Gasteiger partial charge >= 0.3 is 0 Å². The molecule has 2 aromatic rings. The van der Waals surface area contributed by atoms with Gasteiger partial charge in [-0.3, -0.25) is 9.59 Å². The van der Waals surface area contributed by atoms with Crippen LogP contribution in [0, 0.1) is 0 Å². The Labute approximate surface area is 229 Å². The summed E-state index contributed by atoms with van der Waals surface area (Å²) < 4.78 is 11.2. The highest BCUT2D eigenvalue weighted by Gasteiger charge is 2.13. The average molecular weight is 525 g/mol. The molecule has 0 fully saturated rings. The van der Waals surface area contributed by atoms with Gasteiger partial charge in [-0.05, 0) is 48.2 Å². The van der Waals surface area contributed by atoms with E-state index in [0.29, 0.717) is 35.7 Å². The van der Waals surface area contributed by atoms with Crippen LogP contribution in [0.3, 0.4) is 0 Å². The summed E-state index contributed by atoms with van der Waals surface area (Å²) in [7, 11) is 3.21. The van der Waals surface area contributed by atoms with Crippen molar-refractivity contribution in [3.8, 4) is 22.6 Å². The van der Waals surface area contributed by atoms with E-state index in [4.69, 9.17) is 9.47 Å². The van der Waals surface area contributed by atoms with Crippen LogP contribution in [0.1, 0.15) is 104 Å². The van der Waals surface area contributed by atoms with Gasteiger partial charge in [0.25, 0.3) is 0 Å². The number of hydrogen-bond donors (Lipinski definition) is 2. The number of hydrogen-bond acceptors (Lipinski definition) is 4. The number of nitrogens with one attached hydrogen (secondary N) is 2. The van der Waals surface area contributed by atoms with Gasteiger partial charge in [0.1, 0.15) is 11.5 Å². The van der Waals surface area contributed by atoms with Gasteiger partial charge in [-0.25, -0.2) is 0 Å². The molecule has 0 saturated carbocycles. The zero-order valence-electron chi connectivity index (χ0n) is 24.0. The Balaban J connectivity index is 1.96. The van der Waals surface area contributed by atoms with Crippen molar-refractivity contribution in [2.24, 2.45) is 0 Å². The molecule has 0 bridgehead atoms. The van der Waals surface area contributed by atoms with Crippen LogP contribution >= 0.6 is 0 Å². The van der Waals surface area contributed by atoms with Gasteiger partial charge in [-0.15, -0.1) is 0 Å². The summed E-state index contributed by atoms with van der Waals surface area (Å²) in [5.41, 5.74) is 3.19. The molecule has 0 spiro atoms. The second-order valence-corrected chi connectivity index (χ2v) is 9.96. The fraction of sp³-hybridized carbons (Fsp3) is 0.562. The number of amides is 2. The summed E-state index contributed by atoms with van der Waals surface area (Å²) >= 11 is 0. The summed E-state index contributed by atoms with van der Waals surface area (Å²) in [6.45, 7) is 4.41. The van der Waals surface area contributed by atoms with Crippen molar-refractivity contribution in [3.63, 3.8) is 0 Å². The van der Waals surface area contributed by atoms with E-state index in [1.54, 1.807) is 14.2 Å². The number of benzene rings is 2. The maximum Gasteiger partial charge on any atom is 0.224 e. The molecular weight excluding hydrogens is 476 g/mol. The lowest BCUT2D eigenvalue weighted by molar-refractivity contribution is -0.117. The number of carbonyl (C=O) groups is 2. The number of carbonyl (C=O) groups excluding carboxylic acids is 2. The Bertz CT molecular complexity index is 910. The van der Waals surface area contributed by atoms with Gasteiger partial charge in [0, 0.05) is 12.8 Å². The molecule has 0 aromatic heterocycles. The van der Waals surface area contributed by atoms with Crippen molar-refractivity contribution in [2.75, 3.05) is 24.9 Å². The molecule has 0 heterocycles. The molecule has 0 atom stereocenters. The number of anilines is 2. The van der Waals surface area contributed by atoms with Gasteiger partial charge in [0.15, 0.2) is 0 Å². The Morgan fingerprint density at radius 2 is 0.947 bits per heavy atom. The van der Waals surface area contributed by atoms with E-state index in [2.05, 4.69) is 24.5 Å². The molecule has 0 unspecified atom stereocenters. The van der Waals surface area contributed by atoms with E-state index in [0.717, 1.165) is 36.8 Å². The van der Waals surface area contributed by atoms with Gasteiger partial charge < -0.3 is 20.1 Å². The molecule has 0 aliphatic rings. The van der Waals surface area contributed by atoms with Crippen LogP contribution < -0.4 is 20.1 Å². The maximum atomic E-state index is 12.4. The molecular formula is C32H48N2O4. The predicted molar refractivity (Wildman–Crippen MR) is 158 cm³/mol. The first-order valence-corrected chi connectivity index (χ1v) is 14.5. The lowest BCUT2D eigenvalue weighted by atomic mass is 10.0. The molecule has 210 valence electrons. The van der Waals surface area contributed by atoms with Crippen molar-refractivity contribution < 1.29 is 19.1 Å². The van der Waals surface area contributed by atoms with Crippen LogP contribution in [-0.4, -0.2) is 26.0 Å². The minimum atomic E-state index is 0.00858. The number of ether oxygens (including phenoxy) is 2. The lowest BCUT2D eigenvalue weighted by Crippen LogP contribution is -2.12. The fourth-order valence-electron chi connectivity index (χ4n) is 4.51. The largest absolute Gasteiger partial charge is 0.495 e. The minimum Gasteiger partial charge on any atom is -0.495 e. The zero-order chi connectivity index (χ0) is 27.6. The topological polar surface area (TPSA) is 76.7 Å². The zero-order valence-corrected chi connectivity index (χ0v) is 24.0. The van der Waals surface area contributed by atoms with Crippen LogP contribution in [0.4, 0.5) is 11.4 Å². The van der Waals surface area contributed by atoms with E-state index in [1.165, 1.54) is 51.4 Å². The summed E-state index contributed by atoms with van der Waals surface area (Å²) in [6, 6.07) is 11.5. The van der Waals surface area contributed by atoms with Crippen molar-refractivity contribution in [1.29, 1.82) is 0 Å². The molecule has 2 N–H and O–H groups in total. The highest BCUT2D eigenvalue weighted by atomic mass is 16.5. The van der Waals surface area contributed by atoms with Gasteiger partial charge in [0.05, 0.1) is 25.6 Å². The Kier molecular flexibility index (Phi) is 15.0. The quantitative estimate of drug-likeness (QED) is 0.180. The second kappa shape index (κ2) is 18.3. The highest BCUT2D eigenvalue weighted by Crippen LogP contribution is 2.35. The molecule has 6 heteroatoms.